The molecule has 0 heterocycles. The highest BCUT2D eigenvalue weighted by Gasteiger charge is 2.08. The maximum absolute atomic E-state index is 10.1. The summed E-state index contributed by atoms with van der Waals surface area (Å²) < 4.78 is 0. The Hall–Kier alpha value is -1.03. The second-order valence-electron chi connectivity index (χ2n) is 1.45. The largest absolute Gasteiger partial charge is 0.401 e. The summed E-state index contributed by atoms with van der Waals surface area (Å²) in [6.07, 6.45) is 0. The van der Waals surface area contributed by atoms with Crippen molar-refractivity contribution in [3.63, 3.8) is 0 Å². The number of hydrogen-bond donors (Lipinski definition) is 3. The van der Waals surface area contributed by atoms with E-state index in [0.29, 0.717) is 0 Å². The van der Waals surface area contributed by atoms with Gasteiger partial charge in [-0.15, -0.1) is 0 Å². The van der Waals surface area contributed by atoms with Gasteiger partial charge in [0.15, 0.2) is 0 Å². The molecule has 1 atom stereocenters. The molecule has 0 aromatic heterocycles. The fourth-order valence-corrected chi connectivity index (χ4v) is 0.183. The van der Waals surface area contributed by atoms with Gasteiger partial charge in [0.25, 0.3) is 0 Å². The Balaban J connectivity index is 3.83. The molecule has 0 aliphatic carbocycles. The van der Waals surface area contributed by atoms with Gasteiger partial charge in [0, 0.05) is 5.70 Å². The Morgan fingerprint density at radius 3 is 1.88 bits per heavy atom. The summed E-state index contributed by atoms with van der Waals surface area (Å²) in [5, 5.41) is 0. The van der Waals surface area contributed by atoms with Gasteiger partial charge in [0.2, 0.25) is 5.91 Å². The van der Waals surface area contributed by atoms with Crippen LogP contribution < -0.4 is 17.2 Å². The third-order valence-corrected chi connectivity index (χ3v) is 0.706. The van der Waals surface area contributed by atoms with Crippen LogP contribution >= 0.6 is 0 Å². The molecule has 4 nitrogen and oxygen atoms in total. The third kappa shape index (κ3) is 1.61. The van der Waals surface area contributed by atoms with Crippen molar-refractivity contribution in [1.82, 2.24) is 0 Å². The maximum atomic E-state index is 10.1. The highest BCUT2D eigenvalue weighted by molar-refractivity contribution is 5.82. The van der Waals surface area contributed by atoms with Crippen LogP contribution in [0.5, 0.6) is 0 Å². The van der Waals surface area contributed by atoms with E-state index in [1.165, 1.54) is 0 Å². The van der Waals surface area contributed by atoms with Crippen LogP contribution in [0.3, 0.4) is 0 Å². The average Bonchev–Trinajstić information content (AvgIpc) is 1.64. The molecule has 6 N–H and O–H groups in total. The smallest absolute Gasteiger partial charge is 0.240 e. The van der Waals surface area contributed by atoms with Crippen LogP contribution in [0.25, 0.3) is 0 Å². The van der Waals surface area contributed by atoms with Crippen LogP contribution in [-0.2, 0) is 4.79 Å². The van der Waals surface area contributed by atoms with Gasteiger partial charge in [-0.3, -0.25) is 4.79 Å². The Labute approximate surface area is 47.3 Å². The van der Waals surface area contributed by atoms with E-state index in [2.05, 4.69) is 6.58 Å². The number of amides is 1. The van der Waals surface area contributed by atoms with Gasteiger partial charge in [-0.05, 0) is 0 Å². The molecule has 46 valence electrons. The van der Waals surface area contributed by atoms with E-state index < -0.39 is 11.9 Å². The van der Waals surface area contributed by atoms with Crippen LogP contribution in [0, 0.1) is 0 Å². The number of primary amides is 1. The van der Waals surface area contributed by atoms with Crippen molar-refractivity contribution in [2.24, 2.45) is 17.2 Å². The van der Waals surface area contributed by atoms with E-state index in [4.69, 9.17) is 17.2 Å². The summed E-state index contributed by atoms with van der Waals surface area (Å²) in [7, 11) is 0. The number of carbonyl (C=O) groups excluding carboxylic acids is 1. The topological polar surface area (TPSA) is 95.1 Å². The summed E-state index contributed by atoms with van der Waals surface area (Å²) in [4.78, 5) is 10.1. The minimum Gasteiger partial charge on any atom is -0.401 e. The van der Waals surface area contributed by atoms with E-state index in [9.17, 15) is 4.79 Å². The van der Waals surface area contributed by atoms with E-state index in [-0.39, 0.29) is 5.70 Å². The first-order valence-electron chi connectivity index (χ1n) is 2.05. The Morgan fingerprint density at radius 2 is 1.88 bits per heavy atom. The van der Waals surface area contributed by atoms with Crippen LogP contribution in [0.15, 0.2) is 12.3 Å². The molecule has 8 heavy (non-hydrogen) atoms. The zero-order valence-electron chi connectivity index (χ0n) is 4.42. The van der Waals surface area contributed by atoms with Gasteiger partial charge in [0.1, 0.15) is 6.04 Å². The summed E-state index contributed by atoms with van der Waals surface area (Å²) in [6.45, 7) is 3.23. The molecule has 0 aliphatic heterocycles. The minimum atomic E-state index is -0.907. The molecule has 1 amide bonds. The van der Waals surface area contributed by atoms with Gasteiger partial charge in [-0.2, -0.15) is 0 Å². The first-order valence-corrected chi connectivity index (χ1v) is 2.05. The Morgan fingerprint density at radius 1 is 1.50 bits per heavy atom. The van der Waals surface area contributed by atoms with Crippen LogP contribution in [-0.4, -0.2) is 11.9 Å². The van der Waals surface area contributed by atoms with Crippen molar-refractivity contribution in [2.75, 3.05) is 0 Å². The lowest BCUT2D eigenvalue weighted by molar-refractivity contribution is -0.118. The van der Waals surface area contributed by atoms with Crippen molar-refractivity contribution in [1.29, 1.82) is 0 Å². The molecule has 0 spiro atoms. The molecule has 1 unspecified atom stereocenters. The van der Waals surface area contributed by atoms with Crippen LogP contribution in [0.4, 0.5) is 0 Å². The second kappa shape index (κ2) is 2.32. The zero-order valence-corrected chi connectivity index (χ0v) is 4.42. The van der Waals surface area contributed by atoms with Crippen molar-refractivity contribution in [3.05, 3.63) is 12.3 Å². The molecule has 0 aliphatic rings. The molecular formula is C4H9N3O. The molecule has 0 aromatic carbocycles. The van der Waals surface area contributed by atoms with Crippen molar-refractivity contribution >= 4 is 5.91 Å². The lowest BCUT2D eigenvalue weighted by Gasteiger charge is -2.03. The molecule has 4 heteroatoms. The molecule has 0 saturated heterocycles. The van der Waals surface area contributed by atoms with Gasteiger partial charge in [0.05, 0.1) is 0 Å². The molecule has 0 rings (SSSR count). The van der Waals surface area contributed by atoms with Crippen molar-refractivity contribution in [2.45, 2.75) is 6.04 Å². The maximum Gasteiger partial charge on any atom is 0.240 e. The summed E-state index contributed by atoms with van der Waals surface area (Å²) in [5.41, 5.74) is 14.9. The van der Waals surface area contributed by atoms with Gasteiger partial charge < -0.3 is 17.2 Å². The summed E-state index contributed by atoms with van der Waals surface area (Å²) in [6, 6.07) is -0.907. The number of carbonyl (C=O) groups is 1. The number of nitrogens with two attached hydrogens (primary N) is 3. The van der Waals surface area contributed by atoms with Crippen molar-refractivity contribution < 1.29 is 4.79 Å². The van der Waals surface area contributed by atoms with Gasteiger partial charge >= 0.3 is 0 Å². The van der Waals surface area contributed by atoms with Crippen LogP contribution in [0.2, 0.25) is 0 Å². The molecule has 0 radical (unpaired) electrons. The Bertz CT molecular complexity index is 106. The lowest BCUT2D eigenvalue weighted by Crippen LogP contribution is -2.40. The molecule has 0 fully saturated rings. The monoisotopic (exact) mass is 115 g/mol. The molecule has 0 bridgehead atoms. The van der Waals surface area contributed by atoms with E-state index in [0.717, 1.165) is 0 Å². The van der Waals surface area contributed by atoms with E-state index in [1.54, 1.807) is 0 Å². The van der Waals surface area contributed by atoms with Gasteiger partial charge in [-0.25, -0.2) is 0 Å². The first kappa shape index (κ1) is 6.97. The fraction of sp³-hybridized carbons (Fsp3) is 0.250. The zero-order chi connectivity index (χ0) is 6.73. The second-order valence-corrected chi connectivity index (χ2v) is 1.45. The number of rotatable bonds is 2. The molecule has 0 aromatic rings. The molecule has 0 saturated carbocycles. The first-order chi connectivity index (χ1) is 3.55. The fourth-order valence-electron chi connectivity index (χ4n) is 0.183. The Kier molecular flexibility index (Phi) is 2.02. The SMILES string of the molecule is C=C(N)C(N)C(N)=O. The lowest BCUT2D eigenvalue weighted by atomic mass is 10.2. The standard InChI is InChI=1S/C4H9N3O/c1-2(5)3(6)4(7)8/h3H,1,5-6H2,(H2,7,8). The predicted octanol–water partition coefficient (Wildman–Crippen LogP) is -1.73. The predicted molar refractivity (Wildman–Crippen MR) is 30.5 cm³/mol. The summed E-state index contributed by atoms with van der Waals surface area (Å²) in [5.74, 6) is -0.655. The quantitative estimate of drug-likeness (QED) is 0.399. The minimum absolute atomic E-state index is 0.0949. The average molecular weight is 115 g/mol. The highest BCUT2D eigenvalue weighted by atomic mass is 16.1. The van der Waals surface area contributed by atoms with E-state index >= 15 is 0 Å². The summed E-state index contributed by atoms with van der Waals surface area (Å²) >= 11 is 0. The molecular weight excluding hydrogens is 106 g/mol. The third-order valence-electron chi connectivity index (χ3n) is 0.706. The van der Waals surface area contributed by atoms with Gasteiger partial charge in [-0.1, -0.05) is 6.58 Å². The highest BCUT2D eigenvalue weighted by Crippen LogP contribution is 1.82. The van der Waals surface area contributed by atoms with Crippen LogP contribution in [0.1, 0.15) is 0 Å². The normalized spacial score (nSPS) is 12.6. The number of hydrogen-bond acceptors (Lipinski definition) is 3. The van der Waals surface area contributed by atoms with Crippen molar-refractivity contribution in [3.8, 4) is 0 Å². The van der Waals surface area contributed by atoms with E-state index in [1.807, 2.05) is 0 Å².